The number of methoxy groups -OCH3 is 1. The van der Waals surface area contributed by atoms with Gasteiger partial charge in [0.15, 0.2) is 5.96 Å². The molecular formula is C23H40N6O. The number of nitrogens with one attached hydrogen (secondary N) is 2. The summed E-state index contributed by atoms with van der Waals surface area (Å²) in [6.45, 7) is 9.74. The average Bonchev–Trinajstić information content (AvgIpc) is 3.22. The summed E-state index contributed by atoms with van der Waals surface area (Å²) in [4.78, 5) is 12.0. The number of likely N-dealkylation sites (tertiary alicyclic amines) is 1. The predicted molar refractivity (Wildman–Crippen MR) is 124 cm³/mol. The maximum absolute atomic E-state index is 5.66. The van der Waals surface area contributed by atoms with Crippen LogP contribution >= 0.6 is 0 Å². The van der Waals surface area contributed by atoms with Crippen molar-refractivity contribution >= 4 is 5.96 Å². The molecule has 0 spiro atoms. The standard InChI is InChI=1S/C23H40N6O/c1-24-23(25-11-16-28-13-8-12-27(2)17-18-28)26-19-21(29-14-6-7-15-29)20-9-4-5-10-22(20)30-3/h4-5,9-10,21H,6-8,11-19H2,1-3H3,(H2,24,25,26). The van der Waals surface area contributed by atoms with Crippen LogP contribution in [0.5, 0.6) is 5.75 Å². The summed E-state index contributed by atoms with van der Waals surface area (Å²) in [5, 5.41) is 7.08. The summed E-state index contributed by atoms with van der Waals surface area (Å²) in [5.74, 6) is 1.84. The van der Waals surface area contributed by atoms with Gasteiger partial charge >= 0.3 is 0 Å². The van der Waals surface area contributed by atoms with E-state index in [0.717, 1.165) is 57.5 Å². The molecule has 30 heavy (non-hydrogen) atoms. The van der Waals surface area contributed by atoms with Gasteiger partial charge in [0.2, 0.25) is 0 Å². The lowest BCUT2D eigenvalue weighted by Crippen LogP contribution is -2.45. The number of para-hydroxylation sites is 1. The molecule has 1 aromatic rings. The monoisotopic (exact) mass is 416 g/mol. The highest BCUT2D eigenvalue weighted by molar-refractivity contribution is 5.79. The Morgan fingerprint density at radius 1 is 1.03 bits per heavy atom. The van der Waals surface area contributed by atoms with Crippen molar-refractivity contribution in [2.45, 2.75) is 25.3 Å². The minimum Gasteiger partial charge on any atom is -0.496 e. The fraction of sp³-hybridized carbons (Fsp3) is 0.696. The summed E-state index contributed by atoms with van der Waals surface area (Å²) in [6.07, 6.45) is 3.78. The third-order valence-electron chi connectivity index (χ3n) is 6.30. The number of hydrogen-bond acceptors (Lipinski definition) is 5. The third-order valence-corrected chi connectivity index (χ3v) is 6.30. The minimum atomic E-state index is 0.281. The number of rotatable bonds is 8. The molecule has 1 aromatic carbocycles. The molecule has 2 heterocycles. The molecule has 1 atom stereocenters. The molecule has 7 heteroatoms. The smallest absolute Gasteiger partial charge is 0.191 e. The second-order valence-corrected chi connectivity index (χ2v) is 8.38. The Morgan fingerprint density at radius 2 is 1.83 bits per heavy atom. The van der Waals surface area contributed by atoms with Gasteiger partial charge in [0.25, 0.3) is 0 Å². The van der Waals surface area contributed by atoms with Gasteiger partial charge in [0.05, 0.1) is 13.2 Å². The number of guanidine groups is 1. The van der Waals surface area contributed by atoms with E-state index in [1.807, 2.05) is 13.1 Å². The van der Waals surface area contributed by atoms with Crippen LogP contribution < -0.4 is 15.4 Å². The lowest BCUT2D eigenvalue weighted by molar-refractivity contribution is 0.239. The zero-order valence-corrected chi connectivity index (χ0v) is 19.1. The Balaban J connectivity index is 1.53. The van der Waals surface area contributed by atoms with Gasteiger partial charge in [-0.05, 0) is 58.6 Å². The number of hydrogen-bond donors (Lipinski definition) is 2. The normalized spacial score (nSPS) is 20.7. The van der Waals surface area contributed by atoms with Crippen LogP contribution in [0, 0.1) is 0 Å². The summed E-state index contributed by atoms with van der Waals surface area (Å²) in [6, 6.07) is 8.67. The highest BCUT2D eigenvalue weighted by Gasteiger charge is 2.26. The molecule has 2 saturated heterocycles. The summed E-state index contributed by atoms with van der Waals surface area (Å²) in [7, 11) is 5.82. The van der Waals surface area contributed by atoms with Crippen LogP contribution in [0.25, 0.3) is 0 Å². The number of ether oxygens (including phenoxy) is 1. The first kappa shape index (κ1) is 22.8. The molecule has 1 unspecified atom stereocenters. The van der Waals surface area contributed by atoms with Gasteiger partial charge in [0.1, 0.15) is 5.75 Å². The number of aliphatic imine (C=N–C) groups is 1. The van der Waals surface area contributed by atoms with E-state index in [1.54, 1.807) is 7.11 Å². The molecule has 0 saturated carbocycles. The van der Waals surface area contributed by atoms with Gasteiger partial charge in [-0.25, -0.2) is 0 Å². The van der Waals surface area contributed by atoms with Crippen LogP contribution in [0.15, 0.2) is 29.3 Å². The van der Waals surface area contributed by atoms with Crippen LogP contribution in [0.3, 0.4) is 0 Å². The number of nitrogens with zero attached hydrogens (tertiary/aromatic N) is 4. The van der Waals surface area contributed by atoms with Crippen molar-refractivity contribution in [3.63, 3.8) is 0 Å². The minimum absolute atomic E-state index is 0.281. The second kappa shape index (κ2) is 12.1. The zero-order chi connectivity index (χ0) is 21.2. The van der Waals surface area contributed by atoms with Crippen LogP contribution in [-0.2, 0) is 0 Å². The SMILES string of the molecule is CN=C(NCCN1CCCN(C)CC1)NCC(c1ccccc1OC)N1CCCC1. The Hall–Kier alpha value is -1.83. The topological polar surface area (TPSA) is 55.4 Å². The van der Waals surface area contributed by atoms with Crippen molar-refractivity contribution in [3.8, 4) is 5.75 Å². The lowest BCUT2D eigenvalue weighted by atomic mass is 10.0. The van der Waals surface area contributed by atoms with Crippen molar-refractivity contribution in [1.29, 1.82) is 0 Å². The fourth-order valence-corrected chi connectivity index (χ4v) is 4.50. The summed E-state index contributed by atoms with van der Waals surface area (Å²) in [5.41, 5.74) is 1.25. The van der Waals surface area contributed by atoms with E-state index < -0.39 is 0 Å². The van der Waals surface area contributed by atoms with E-state index in [0.29, 0.717) is 0 Å². The molecule has 2 aliphatic rings. The van der Waals surface area contributed by atoms with Crippen LogP contribution in [0.2, 0.25) is 0 Å². The van der Waals surface area contributed by atoms with Gasteiger partial charge in [-0.2, -0.15) is 0 Å². The second-order valence-electron chi connectivity index (χ2n) is 8.38. The van der Waals surface area contributed by atoms with Crippen molar-refractivity contribution in [3.05, 3.63) is 29.8 Å². The molecule has 0 amide bonds. The van der Waals surface area contributed by atoms with Crippen molar-refractivity contribution in [1.82, 2.24) is 25.3 Å². The van der Waals surface area contributed by atoms with Gasteiger partial charge in [-0.15, -0.1) is 0 Å². The molecule has 0 radical (unpaired) electrons. The van der Waals surface area contributed by atoms with Gasteiger partial charge < -0.3 is 25.2 Å². The first-order chi connectivity index (χ1) is 14.7. The molecule has 2 aliphatic heterocycles. The molecular weight excluding hydrogens is 376 g/mol. The van der Waals surface area contributed by atoms with Crippen molar-refractivity contribution in [2.24, 2.45) is 4.99 Å². The van der Waals surface area contributed by atoms with E-state index in [-0.39, 0.29) is 6.04 Å². The molecule has 168 valence electrons. The first-order valence-corrected chi connectivity index (χ1v) is 11.4. The number of benzene rings is 1. The maximum atomic E-state index is 5.66. The quantitative estimate of drug-likeness (QED) is 0.496. The largest absolute Gasteiger partial charge is 0.496 e. The molecule has 0 bridgehead atoms. The Bertz CT molecular complexity index is 661. The van der Waals surface area contributed by atoms with Crippen molar-refractivity contribution in [2.75, 3.05) is 80.1 Å². The molecule has 2 N–H and O–H groups in total. The van der Waals surface area contributed by atoms with E-state index in [1.165, 1.54) is 37.9 Å². The molecule has 0 aromatic heterocycles. The molecule has 0 aliphatic carbocycles. The molecule has 7 nitrogen and oxygen atoms in total. The van der Waals surface area contributed by atoms with Crippen LogP contribution in [-0.4, -0.2) is 101 Å². The van der Waals surface area contributed by atoms with Crippen LogP contribution in [0.4, 0.5) is 0 Å². The van der Waals surface area contributed by atoms with Gasteiger partial charge in [-0.1, -0.05) is 18.2 Å². The van der Waals surface area contributed by atoms with Crippen molar-refractivity contribution < 1.29 is 4.74 Å². The third kappa shape index (κ3) is 6.59. The van der Waals surface area contributed by atoms with E-state index >= 15 is 0 Å². The van der Waals surface area contributed by atoms with Gasteiger partial charge in [-0.3, -0.25) is 9.89 Å². The number of likely N-dealkylation sites (N-methyl/N-ethyl adjacent to an activating group) is 1. The Morgan fingerprint density at radius 3 is 2.60 bits per heavy atom. The Labute approximate surface area is 182 Å². The lowest BCUT2D eigenvalue weighted by Gasteiger charge is -2.30. The van der Waals surface area contributed by atoms with Gasteiger partial charge in [0, 0.05) is 45.3 Å². The molecule has 3 rings (SSSR count). The average molecular weight is 417 g/mol. The highest BCUT2D eigenvalue weighted by Crippen LogP contribution is 2.31. The van der Waals surface area contributed by atoms with E-state index in [4.69, 9.17) is 4.74 Å². The Kier molecular flexibility index (Phi) is 9.24. The predicted octanol–water partition coefficient (Wildman–Crippen LogP) is 1.63. The molecule has 2 fully saturated rings. The van der Waals surface area contributed by atoms with E-state index in [2.05, 4.69) is 55.6 Å². The fourth-order valence-electron chi connectivity index (χ4n) is 4.50. The maximum Gasteiger partial charge on any atom is 0.191 e. The highest BCUT2D eigenvalue weighted by atomic mass is 16.5. The summed E-state index contributed by atoms with van der Waals surface area (Å²) < 4.78 is 5.66. The summed E-state index contributed by atoms with van der Waals surface area (Å²) >= 11 is 0. The first-order valence-electron chi connectivity index (χ1n) is 11.4. The van der Waals surface area contributed by atoms with Crippen LogP contribution in [0.1, 0.15) is 30.9 Å². The zero-order valence-electron chi connectivity index (χ0n) is 19.1. The van der Waals surface area contributed by atoms with E-state index in [9.17, 15) is 0 Å².